The van der Waals surface area contributed by atoms with E-state index in [9.17, 15) is 5.11 Å². The SMILES string of the molecule is CCCNc1nc(NCC2(CO)CC2)nc(OCCC)n1. The van der Waals surface area contributed by atoms with Crippen LogP contribution in [0.4, 0.5) is 11.9 Å². The summed E-state index contributed by atoms with van der Waals surface area (Å²) < 4.78 is 5.50. The number of nitrogens with zero attached hydrogens (tertiary/aromatic N) is 3. The first-order valence-corrected chi connectivity index (χ1v) is 7.69. The molecule has 1 fully saturated rings. The molecular formula is C14H25N5O2. The van der Waals surface area contributed by atoms with Crippen LogP contribution in [0.2, 0.25) is 0 Å². The number of hydrogen-bond donors (Lipinski definition) is 3. The molecule has 0 radical (unpaired) electrons. The zero-order valence-corrected chi connectivity index (χ0v) is 12.9. The third kappa shape index (κ3) is 4.70. The standard InChI is InChI=1S/C14H25N5O2/c1-3-7-15-11-17-12(16-9-14(10-20)5-6-14)19-13(18-11)21-8-4-2/h20H,3-10H2,1-2H3,(H2,15,16,17,18,19). The van der Waals surface area contributed by atoms with Crippen LogP contribution in [-0.4, -0.2) is 46.4 Å². The molecule has 0 aromatic carbocycles. The molecule has 0 amide bonds. The fourth-order valence-electron chi connectivity index (χ4n) is 1.84. The van der Waals surface area contributed by atoms with Gasteiger partial charge >= 0.3 is 6.01 Å². The average Bonchev–Trinajstić information content (AvgIpc) is 3.29. The van der Waals surface area contributed by atoms with Crippen LogP contribution < -0.4 is 15.4 Å². The van der Waals surface area contributed by atoms with Gasteiger partial charge in [0.2, 0.25) is 11.9 Å². The zero-order valence-electron chi connectivity index (χ0n) is 12.9. The van der Waals surface area contributed by atoms with Gasteiger partial charge in [-0.05, 0) is 25.7 Å². The van der Waals surface area contributed by atoms with Gasteiger partial charge in [0.1, 0.15) is 0 Å². The Morgan fingerprint density at radius 1 is 1.10 bits per heavy atom. The number of hydrogen-bond acceptors (Lipinski definition) is 7. The van der Waals surface area contributed by atoms with Crippen molar-refractivity contribution in [3.05, 3.63) is 0 Å². The van der Waals surface area contributed by atoms with Crippen molar-refractivity contribution in [2.45, 2.75) is 39.5 Å². The number of ether oxygens (including phenoxy) is 1. The van der Waals surface area contributed by atoms with Crippen molar-refractivity contribution in [1.29, 1.82) is 0 Å². The quantitative estimate of drug-likeness (QED) is 0.604. The van der Waals surface area contributed by atoms with E-state index < -0.39 is 0 Å². The van der Waals surface area contributed by atoms with E-state index in [0.29, 0.717) is 31.1 Å². The molecular weight excluding hydrogens is 270 g/mol. The van der Waals surface area contributed by atoms with E-state index in [1.165, 1.54) is 0 Å². The summed E-state index contributed by atoms with van der Waals surface area (Å²) in [4.78, 5) is 12.8. The van der Waals surface area contributed by atoms with Crippen LogP contribution >= 0.6 is 0 Å². The number of aromatic nitrogens is 3. The summed E-state index contributed by atoms with van der Waals surface area (Å²) in [5.74, 6) is 1.02. The van der Waals surface area contributed by atoms with Gasteiger partial charge in [0, 0.05) is 18.5 Å². The molecule has 1 saturated carbocycles. The maximum Gasteiger partial charge on any atom is 0.323 e. The molecule has 2 rings (SSSR count). The van der Waals surface area contributed by atoms with E-state index in [-0.39, 0.29) is 12.0 Å². The predicted molar refractivity (Wildman–Crippen MR) is 81.6 cm³/mol. The summed E-state index contributed by atoms with van der Waals surface area (Å²) in [7, 11) is 0. The Kier molecular flexibility index (Phi) is 5.55. The summed E-state index contributed by atoms with van der Waals surface area (Å²) in [6.45, 7) is 6.38. The van der Waals surface area contributed by atoms with Gasteiger partial charge in [0.05, 0.1) is 13.2 Å². The number of aliphatic hydroxyl groups excluding tert-OH is 1. The van der Waals surface area contributed by atoms with Gasteiger partial charge in [-0.3, -0.25) is 0 Å². The van der Waals surface area contributed by atoms with Crippen LogP contribution in [0.5, 0.6) is 6.01 Å². The average molecular weight is 295 g/mol. The highest BCUT2D eigenvalue weighted by molar-refractivity contribution is 5.36. The molecule has 1 aromatic heterocycles. The number of anilines is 2. The summed E-state index contributed by atoms with van der Waals surface area (Å²) in [6, 6.07) is 0.335. The van der Waals surface area contributed by atoms with Gasteiger partial charge in [0.25, 0.3) is 0 Å². The Balaban J connectivity index is 2.02. The van der Waals surface area contributed by atoms with Crippen molar-refractivity contribution in [3.63, 3.8) is 0 Å². The molecule has 118 valence electrons. The topological polar surface area (TPSA) is 92.2 Å². The first-order valence-electron chi connectivity index (χ1n) is 7.69. The third-order valence-corrected chi connectivity index (χ3v) is 3.50. The first kappa shape index (κ1) is 15.8. The molecule has 0 aliphatic heterocycles. The summed E-state index contributed by atoms with van der Waals surface area (Å²) in [6.07, 6.45) is 3.98. The molecule has 7 nitrogen and oxygen atoms in total. The normalized spacial score (nSPS) is 15.6. The first-order chi connectivity index (χ1) is 10.2. The lowest BCUT2D eigenvalue weighted by molar-refractivity contribution is 0.219. The van der Waals surface area contributed by atoms with Gasteiger partial charge in [-0.15, -0.1) is 0 Å². The van der Waals surface area contributed by atoms with E-state index in [1.807, 2.05) is 6.92 Å². The van der Waals surface area contributed by atoms with E-state index in [1.54, 1.807) is 0 Å². The number of rotatable bonds is 10. The van der Waals surface area contributed by atoms with Crippen molar-refractivity contribution >= 4 is 11.9 Å². The van der Waals surface area contributed by atoms with Crippen molar-refractivity contribution in [2.24, 2.45) is 5.41 Å². The Bertz CT molecular complexity index is 425. The molecule has 1 aliphatic carbocycles. The fraction of sp³-hybridized carbons (Fsp3) is 0.786. The minimum Gasteiger partial charge on any atom is -0.463 e. The molecule has 21 heavy (non-hydrogen) atoms. The van der Waals surface area contributed by atoms with E-state index >= 15 is 0 Å². The van der Waals surface area contributed by atoms with E-state index in [0.717, 1.165) is 32.2 Å². The molecule has 1 aliphatic rings. The van der Waals surface area contributed by atoms with Crippen molar-refractivity contribution in [3.8, 4) is 6.01 Å². The fourth-order valence-corrected chi connectivity index (χ4v) is 1.84. The van der Waals surface area contributed by atoms with Crippen LogP contribution in [0, 0.1) is 5.41 Å². The number of aliphatic hydroxyl groups is 1. The maximum atomic E-state index is 9.35. The van der Waals surface area contributed by atoms with Crippen LogP contribution in [0.1, 0.15) is 39.5 Å². The molecule has 7 heteroatoms. The molecule has 0 saturated heterocycles. The highest BCUT2D eigenvalue weighted by Crippen LogP contribution is 2.44. The van der Waals surface area contributed by atoms with Crippen molar-refractivity contribution in [2.75, 3.05) is 36.9 Å². The molecule has 0 bridgehead atoms. The highest BCUT2D eigenvalue weighted by atomic mass is 16.5. The Morgan fingerprint density at radius 2 is 1.81 bits per heavy atom. The molecule has 1 aromatic rings. The van der Waals surface area contributed by atoms with Gasteiger partial charge in [-0.25, -0.2) is 0 Å². The second-order valence-corrected chi connectivity index (χ2v) is 5.55. The Labute approximate surface area is 125 Å². The Hall–Kier alpha value is -1.63. The molecule has 1 heterocycles. The van der Waals surface area contributed by atoms with Gasteiger partial charge in [-0.2, -0.15) is 15.0 Å². The Morgan fingerprint density at radius 3 is 2.38 bits per heavy atom. The largest absolute Gasteiger partial charge is 0.463 e. The lowest BCUT2D eigenvalue weighted by atomic mass is 10.1. The summed E-state index contributed by atoms with van der Waals surface area (Å²) >= 11 is 0. The second kappa shape index (κ2) is 7.40. The van der Waals surface area contributed by atoms with Gasteiger partial charge < -0.3 is 20.5 Å². The second-order valence-electron chi connectivity index (χ2n) is 5.55. The lowest BCUT2D eigenvalue weighted by Gasteiger charge is -2.14. The smallest absolute Gasteiger partial charge is 0.323 e. The van der Waals surface area contributed by atoms with Gasteiger partial charge in [-0.1, -0.05) is 13.8 Å². The predicted octanol–water partition coefficient (Wildman–Crippen LogP) is 1.67. The van der Waals surface area contributed by atoms with Gasteiger partial charge in [0.15, 0.2) is 0 Å². The van der Waals surface area contributed by atoms with Crippen LogP contribution in [0.15, 0.2) is 0 Å². The molecule has 0 atom stereocenters. The zero-order chi connectivity index (χ0) is 15.1. The van der Waals surface area contributed by atoms with Crippen LogP contribution in [-0.2, 0) is 0 Å². The van der Waals surface area contributed by atoms with Crippen LogP contribution in [0.3, 0.4) is 0 Å². The third-order valence-electron chi connectivity index (χ3n) is 3.50. The van der Waals surface area contributed by atoms with Crippen molar-refractivity contribution < 1.29 is 9.84 Å². The summed E-state index contributed by atoms with van der Waals surface area (Å²) in [5.41, 5.74) is 0.00802. The summed E-state index contributed by atoms with van der Waals surface area (Å²) in [5, 5.41) is 15.7. The molecule has 0 spiro atoms. The van der Waals surface area contributed by atoms with Crippen molar-refractivity contribution in [1.82, 2.24) is 15.0 Å². The highest BCUT2D eigenvalue weighted by Gasteiger charge is 2.41. The van der Waals surface area contributed by atoms with E-state index in [2.05, 4.69) is 32.5 Å². The minimum absolute atomic E-state index is 0.00802. The van der Waals surface area contributed by atoms with E-state index in [4.69, 9.17) is 4.74 Å². The molecule has 0 unspecified atom stereocenters. The lowest BCUT2D eigenvalue weighted by Crippen LogP contribution is -2.21. The maximum absolute atomic E-state index is 9.35. The molecule has 3 N–H and O–H groups in total. The van der Waals surface area contributed by atoms with Crippen LogP contribution in [0.25, 0.3) is 0 Å². The minimum atomic E-state index is 0.00802. The number of nitrogens with one attached hydrogen (secondary N) is 2. The monoisotopic (exact) mass is 295 g/mol.